The molecule has 0 aliphatic rings. The third-order valence-corrected chi connectivity index (χ3v) is 8.77. The first-order chi connectivity index (χ1) is 29.6. The molecule has 258 valence electrons. The Morgan fingerprint density at radius 3 is 1.46 bits per heavy atom. The summed E-state index contributed by atoms with van der Waals surface area (Å²) in [5, 5.41) is 0. The quantitative estimate of drug-likeness (QED) is 0.165. The van der Waals surface area contributed by atoms with Crippen molar-refractivity contribution >= 4 is 0 Å². The summed E-state index contributed by atoms with van der Waals surface area (Å²) in [7, 11) is 5.57. The Morgan fingerprint density at radius 2 is 0.900 bits per heavy atom. The molecular weight excluding hydrogens is 607 g/mol. The van der Waals surface area contributed by atoms with Crippen LogP contribution in [0.1, 0.15) is 81.8 Å². The van der Waals surface area contributed by atoms with E-state index in [0.29, 0.717) is 33.4 Å². The first kappa shape index (κ1) is 22.0. The minimum absolute atomic E-state index is 0.275. The molecule has 0 spiro atoms. The zero-order valence-electron chi connectivity index (χ0n) is 45.6. The maximum Gasteiger partial charge on any atom is 0.212 e. The zero-order chi connectivity index (χ0) is 49.4. The normalized spacial score (nSPS) is 16.3. The van der Waals surface area contributed by atoms with Crippen molar-refractivity contribution in [1.82, 2.24) is 0 Å². The van der Waals surface area contributed by atoms with Crippen LogP contribution in [0.3, 0.4) is 0 Å². The fraction of sp³-hybridized carbons (Fsp3) is 0.298. The third kappa shape index (κ3) is 9.21. The number of hydrogen-bond donors (Lipinski definition) is 0. The van der Waals surface area contributed by atoms with Gasteiger partial charge in [0.2, 0.25) is 17.1 Å². The molecule has 0 aliphatic heterocycles. The van der Waals surface area contributed by atoms with E-state index in [1.807, 2.05) is 56.8 Å². The minimum Gasteiger partial charge on any atom is -0.201 e. The maximum absolute atomic E-state index is 7.59. The van der Waals surface area contributed by atoms with Crippen molar-refractivity contribution in [2.24, 2.45) is 21.1 Å². The zero-order valence-corrected chi connectivity index (χ0v) is 30.6. The molecule has 0 saturated carbocycles. The molecule has 0 N–H and O–H groups in total. The first-order valence-corrected chi connectivity index (χ1v) is 16.4. The van der Waals surface area contributed by atoms with Crippen molar-refractivity contribution in [3.63, 3.8) is 0 Å². The molecule has 6 aromatic rings. The van der Waals surface area contributed by atoms with E-state index in [1.165, 1.54) is 5.56 Å². The molecule has 0 saturated heterocycles. The Labute approximate surface area is 323 Å². The molecule has 50 heavy (non-hydrogen) atoms. The van der Waals surface area contributed by atoms with E-state index in [1.54, 1.807) is 98.0 Å². The molecule has 0 bridgehead atoms. The number of aromatic nitrogens is 3. The van der Waals surface area contributed by atoms with Crippen molar-refractivity contribution in [2.75, 3.05) is 0 Å². The fourth-order valence-electron chi connectivity index (χ4n) is 5.84. The predicted molar refractivity (Wildman–Crippen MR) is 211 cm³/mol. The maximum atomic E-state index is 7.59. The molecule has 3 nitrogen and oxygen atoms in total. The van der Waals surface area contributed by atoms with Gasteiger partial charge in [-0.15, -0.1) is 0 Å². The molecule has 3 heteroatoms. The van der Waals surface area contributed by atoms with Gasteiger partial charge < -0.3 is 0 Å². The summed E-state index contributed by atoms with van der Waals surface area (Å²) < 4.78 is 118. The van der Waals surface area contributed by atoms with E-state index in [9.17, 15) is 0 Å². The molecule has 0 radical (unpaired) electrons. The van der Waals surface area contributed by atoms with Gasteiger partial charge in [0, 0.05) is 72.6 Å². The number of aryl methyl sites for hydroxylation is 14. The number of pyridine rings is 3. The van der Waals surface area contributed by atoms with Crippen molar-refractivity contribution in [1.29, 1.82) is 0 Å². The van der Waals surface area contributed by atoms with Crippen LogP contribution in [0.25, 0.3) is 33.8 Å². The Morgan fingerprint density at radius 1 is 0.360 bits per heavy atom. The second-order valence-electron chi connectivity index (χ2n) is 13.0. The van der Waals surface area contributed by atoms with Gasteiger partial charge in [-0.2, -0.15) is 0 Å². The van der Waals surface area contributed by atoms with Gasteiger partial charge in [0.25, 0.3) is 0 Å². The lowest BCUT2D eigenvalue weighted by molar-refractivity contribution is -0.660. The molecule has 0 atom stereocenters. The van der Waals surface area contributed by atoms with Crippen LogP contribution in [0.4, 0.5) is 0 Å². The molecule has 6 rings (SSSR count). The highest BCUT2D eigenvalue weighted by atomic mass is 14.9. The lowest BCUT2D eigenvalue weighted by Gasteiger charge is -2.08. The average molecular weight is 680 g/mol. The van der Waals surface area contributed by atoms with Crippen molar-refractivity contribution in [3.05, 3.63) is 159 Å². The van der Waals surface area contributed by atoms with Gasteiger partial charge in [-0.25, -0.2) is 13.7 Å². The number of benzene rings is 3. The van der Waals surface area contributed by atoms with Gasteiger partial charge in [-0.1, -0.05) is 41.5 Å². The highest BCUT2D eigenvalue weighted by molar-refractivity contribution is 5.64. The Bertz CT molecular complexity index is 2560. The lowest BCUT2D eigenvalue weighted by Crippen LogP contribution is -2.31. The van der Waals surface area contributed by atoms with Gasteiger partial charge in [0.15, 0.2) is 18.6 Å². The number of rotatable bonds is 3. The highest BCUT2D eigenvalue weighted by Gasteiger charge is 2.15. The molecule has 0 fully saturated rings. The van der Waals surface area contributed by atoms with Crippen LogP contribution < -0.4 is 13.7 Å². The minimum atomic E-state index is -2.15. The number of hydrogen-bond acceptors (Lipinski definition) is 0. The standard InChI is InChI=1S/2C16H20N.C15H18N/c1-11-6-7-16(17(5)10-11)15-9-13(3)12(2)8-14(15)4;1-11-6-7-15(13(3)8-11)16-9-12(2)14(4)10-17(16)5;1-11-5-6-14(13(3)9-11)15-10-12(2)7-8-16(15)4/h2*6-10H,1-5H3;5-10H,1-4H3/q3*+1/i1D3,2D3;1D3,4D3;1D3. The van der Waals surface area contributed by atoms with E-state index >= 15 is 0 Å². The summed E-state index contributed by atoms with van der Waals surface area (Å²) in [6, 6.07) is 23.3. The van der Waals surface area contributed by atoms with Crippen LogP contribution in [-0.4, -0.2) is 0 Å². The van der Waals surface area contributed by atoms with E-state index in [-0.39, 0.29) is 5.56 Å². The second kappa shape index (κ2) is 16.2. The topological polar surface area (TPSA) is 11.6 Å². The predicted octanol–water partition coefficient (Wildman–Crippen LogP) is 9.93. The van der Waals surface area contributed by atoms with Crippen molar-refractivity contribution < 1.29 is 34.3 Å². The summed E-state index contributed by atoms with van der Waals surface area (Å²) in [5.74, 6) is 0. The molecule has 3 heterocycles. The van der Waals surface area contributed by atoms with E-state index in [2.05, 4.69) is 19.1 Å². The molecule has 0 unspecified atom stereocenters. The number of nitrogens with zero attached hydrogens (tertiary/aromatic N) is 3. The first-order valence-electron chi connectivity index (χ1n) is 23.9. The smallest absolute Gasteiger partial charge is 0.201 e. The van der Waals surface area contributed by atoms with Crippen LogP contribution in [-0.2, 0) is 21.1 Å². The largest absolute Gasteiger partial charge is 0.212 e. The fourth-order valence-corrected chi connectivity index (χ4v) is 5.84. The van der Waals surface area contributed by atoms with Crippen LogP contribution in [0, 0.1) is 75.8 Å². The van der Waals surface area contributed by atoms with Gasteiger partial charge >= 0.3 is 0 Å². The third-order valence-electron chi connectivity index (χ3n) is 8.77. The van der Waals surface area contributed by atoms with Crippen LogP contribution in [0.2, 0.25) is 0 Å². The summed E-state index contributed by atoms with van der Waals surface area (Å²) in [5.41, 5.74) is 12.5. The second-order valence-corrected chi connectivity index (χ2v) is 13.0. The van der Waals surface area contributed by atoms with Crippen molar-refractivity contribution in [2.45, 2.75) is 75.8 Å². The Balaban J connectivity index is 0.000000215. The van der Waals surface area contributed by atoms with Crippen molar-refractivity contribution in [3.8, 4) is 33.8 Å². The van der Waals surface area contributed by atoms with Gasteiger partial charge in [0.1, 0.15) is 21.1 Å². The monoisotopic (exact) mass is 680 g/mol. The highest BCUT2D eigenvalue weighted by Crippen LogP contribution is 2.25. The van der Waals surface area contributed by atoms with Gasteiger partial charge in [-0.3, -0.25) is 0 Å². The SMILES string of the molecule is [2H]C([2H])([2H])c1ccc(-c2cc(C)c(C([2H])([2H])[2H])c[n+]2C)c(C)c1.[2H]C([2H])([2H])c1ccc(-c2cc(C)c(C([2H])([2H])[2H])cc2C)[n+](C)c1.[2H]C([2H])([2H])c1ccc(-c2cc(C)cc[n+]2C)c(C)c1. The van der Waals surface area contributed by atoms with E-state index in [0.717, 1.165) is 50.5 Å². The summed E-state index contributed by atoms with van der Waals surface area (Å²) in [6.45, 7) is 0.665. The molecular formula is C47H58N3+3. The lowest BCUT2D eigenvalue weighted by atomic mass is 9.98. The Hall–Kier alpha value is -4.89. The van der Waals surface area contributed by atoms with Gasteiger partial charge in [0.05, 0.1) is 0 Å². The van der Waals surface area contributed by atoms with E-state index < -0.39 is 34.3 Å². The van der Waals surface area contributed by atoms with Gasteiger partial charge in [-0.05, 0) is 139 Å². The van der Waals surface area contributed by atoms with Crippen LogP contribution in [0.15, 0.2) is 97.5 Å². The summed E-state index contributed by atoms with van der Waals surface area (Å²) >= 11 is 0. The molecule has 3 aromatic carbocycles. The van der Waals surface area contributed by atoms with Crippen LogP contribution >= 0.6 is 0 Å². The van der Waals surface area contributed by atoms with Crippen LogP contribution in [0.5, 0.6) is 0 Å². The van der Waals surface area contributed by atoms with E-state index in [4.69, 9.17) is 20.6 Å². The Kier molecular flexibility index (Phi) is 7.15. The summed E-state index contributed by atoms with van der Waals surface area (Å²) in [6.07, 6.45) is 5.23. The average Bonchev–Trinajstić information content (AvgIpc) is 3.16. The molecule has 3 aromatic heterocycles. The molecule has 0 aliphatic carbocycles. The molecule has 0 amide bonds. The summed E-state index contributed by atoms with van der Waals surface area (Å²) in [4.78, 5) is 0.